The minimum atomic E-state index is -0.234. The number of hydrogen-bond acceptors (Lipinski definition) is 3. The van der Waals surface area contributed by atoms with Crippen LogP contribution in [0.2, 0.25) is 10.0 Å². The number of hydrogen-bond donors (Lipinski definition) is 2. The van der Waals surface area contributed by atoms with Crippen molar-refractivity contribution in [2.24, 2.45) is 11.8 Å². The highest BCUT2D eigenvalue weighted by Gasteiger charge is 2.34. The Hall–Kier alpha value is -3.15. The highest BCUT2D eigenvalue weighted by atomic mass is 35.5. The number of benzene rings is 3. The molecule has 2 aliphatic rings. The molecular formula is C32H35Cl2N3O2. The van der Waals surface area contributed by atoms with E-state index in [4.69, 9.17) is 33.7 Å². The van der Waals surface area contributed by atoms with Crippen molar-refractivity contribution in [1.82, 2.24) is 0 Å². The molecule has 1 saturated carbocycles. The number of halogens is 2. The number of rotatable bonds is 7. The lowest BCUT2D eigenvalue weighted by molar-refractivity contribution is 0.228. The second-order valence-electron chi connectivity index (χ2n) is 10.4. The van der Waals surface area contributed by atoms with Crippen molar-refractivity contribution in [2.45, 2.75) is 52.5 Å². The van der Waals surface area contributed by atoms with Crippen molar-refractivity contribution in [2.75, 3.05) is 23.1 Å². The first-order valence-corrected chi connectivity index (χ1v) is 14.4. The molecule has 3 N–H and O–H groups in total. The van der Waals surface area contributed by atoms with Crippen LogP contribution in [0.4, 0.5) is 21.9 Å². The molecule has 2 amide bonds. The van der Waals surface area contributed by atoms with Crippen LogP contribution in [0.3, 0.4) is 0 Å². The zero-order chi connectivity index (χ0) is 27.7. The molecule has 204 valence electrons. The van der Waals surface area contributed by atoms with E-state index in [1.165, 1.54) is 12.8 Å². The predicted molar refractivity (Wildman–Crippen MR) is 163 cm³/mol. The molecule has 0 bridgehead atoms. The third-order valence-corrected chi connectivity index (χ3v) is 8.81. The van der Waals surface area contributed by atoms with Crippen LogP contribution >= 0.6 is 23.2 Å². The largest absolute Gasteiger partial charge is 0.496 e. The third-order valence-electron chi connectivity index (χ3n) is 8.22. The van der Waals surface area contributed by atoms with Crippen molar-refractivity contribution >= 4 is 52.4 Å². The fraction of sp³-hybridized carbons (Fsp3) is 0.344. The van der Waals surface area contributed by atoms with Crippen molar-refractivity contribution in [3.8, 4) is 5.75 Å². The highest BCUT2D eigenvalue weighted by molar-refractivity contribution is 6.32. The molecular weight excluding hydrogens is 529 g/mol. The maximum Gasteiger partial charge on any atom is 0.326 e. The molecule has 5 rings (SSSR count). The van der Waals surface area contributed by atoms with Gasteiger partial charge in [-0.1, -0.05) is 61.3 Å². The van der Waals surface area contributed by atoms with Gasteiger partial charge in [-0.2, -0.15) is 0 Å². The summed E-state index contributed by atoms with van der Waals surface area (Å²) >= 11 is 12.8. The molecule has 1 fully saturated rings. The van der Waals surface area contributed by atoms with Gasteiger partial charge >= 0.3 is 6.03 Å². The number of nitrogens with one attached hydrogen (secondary N) is 1. The summed E-state index contributed by atoms with van der Waals surface area (Å²) in [5, 5.41) is 4.44. The van der Waals surface area contributed by atoms with Gasteiger partial charge in [-0.25, -0.2) is 4.79 Å². The average molecular weight is 565 g/mol. The topological polar surface area (TPSA) is 67.6 Å². The molecule has 3 aromatic carbocycles. The van der Waals surface area contributed by atoms with Crippen LogP contribution < -0.4 is 20.7 Å². The molecule has 0 aromatic heterocycles. The Labute approximate surface area is 240 Å². The van der Waals surface area contributed by atoms with Crippen LogP contribution in [-0.2, 0) is 25.8 Å². The van der Waals surface area contributed by atoms with Crippen molar-refractivity contribution in [3.05, 3.63) is 86.4 Å². The number of ether oxygens (including phenoxy) is 1. The number of nitrogen functional groups attached to an aromatic ring is 1. The summed E-state index contributed by atoms with van der Waals surface area (Å²) in [5.41, 5.74) is 13.5. The summed E-state index contributed by atoms with van der Waals surface area (Å²) in [6.07, 6.45) is 9.13. The van der Waals surface area contributed by atoms with E-state index < -0.39 is 0 Å². The molecule has 5 nitrogen and oxygen atoms in total. The Balaban J connectivity index is 1.62. The number of carbonyl (C=O) groups excluding carboxylic acids is 1. The lowest BCUT2D eigenvalue weighted by Crippen LogP contribution is -2.36. The molecule has 0 spiro atoms. The number of allylic oxidation sites excluding steroid dienone is 1. The quantitative estimate of drug-likeness (QED) is 0.283. The van der Waals surface area contributed by atoms with Gasteiger partial charge in [-0.05, 0) is 96.5 Å². The van der Waals surface area contributed by atoms with E-state index in [9.17, 15) is 4.79 Å². The minimum Gasteiger partial charge on any atom is -0.496 e. The number of nitrogens with zero attached hydrogens (tertiary/aromatic N) is 1. The maximum atomic E-state index is 14.3. The van der Waals surface area contributed by atoms with Crippen molar-refractivity contribution in [3.63, 3.8) is 0 Å². The summed E-state index contributed by atoms with van der Waals surface area (Å²) in [6, 6.07) is 13.1. The van der Waals surface area contributed by atoms with Gasteiger partial charge in [0.2, 0.25) is 0 Å². The molecule has 2 atom stereocenters. The van der Waals surface area contributed by atoms with E-state index in [0.29, 0.717) is 52.6 Å². The lowest BCUT2D eigenvalue weighted by atomic mass is 9.71. The zero-order valence-corrected chi connectivity index (χ0v) is 24.2. The summed E-state index contributed by atoms with van der Waals surface area (Å²) in [6.45, 7) is 4.44. The van der Waals surface area contributed by atoms with Gasteiger partial charge < -0.3 is 15.8 Å². The van der Waals surface area contributed by atoms with E-state index >= 15 is 0 Å². The van der Waals surface area contributed by atoms with Crippen molar-refractivity contribution < 1.29 is 9.53 Å². The van der Waals surface area contributed by atoms with Crippen LogP contribution in [-0.4, -0.2) is 13.1 Å². The number of carbonyl (C=O) groups is 1. The standard InChI is InChI=1S/C32H35Cl2N3O2/c1-4-23-27(34)17-28(35)24(5-2)31(23)36-32(38)37(18-19-6-11-22(33)12-7-19)29-14-15-30(39-3)25-13-10-20-8-9-21(20)16-26(25)29/h6-7,10-15,17,20-21H,4-5,8-9,16,18,35H2,1-3H3,(H,36,38)/t20?,21-/m0/s1. The van der Waals surface area contributed by atoms with Gasteiger partial charge in [0, 0.05) is 27.0 Å². The molecule has 0 heterocycles. The molecule has 0 aliphatic heterocycles. The Bertz CT molecular complexity index is 1390. The van der Waals surface area contributed by atoms with Gasteiger partial charge in [-0.3, -0.25) is 4.90 Å². The van der Waals surface area contributed by atoms with Crippen LogP contribution in [0.25, 0.3) is 6.08 Å². The van der Waals surface area contributed by atoms with E-state index in [1.54, 1.807) is 13.2 Å². The van der Waals surface area contributed by atoms with Gasteiger partial charge in [0.25, 0.3) is 0 Å². The summed E-state index contributed by atoms with van der Waals surface area (Å²) in [7, 11) is 1.70. The lowest BCUT2D eigenvalue weighted by Gasteiger charge is -2.35. The monoisotopic (exact) mass is 563 g/mol. The van der Waals surface area contributed by atoms with Crippen LogP contribution in [0.5, 0.6) is 5.75 Å². The zero-order valence-electron chi connectivity index (χ0n) is 22.7. The molecule has 1 unspecified atom stereocenters. The smallest absolute Gasteiger partial charge is 0.326 e. The Morgan fingerprint density at radius 1 is 1.08 bits per heavy atom. The molecule has 2 aliphatic carbocycles. The maximum absolute atomic E-state index is 14.3. The number of anilines is 3. The summed E-state index contributed by atoms with van der Waals surface area (Å²) < 4.78 is 5.75. The van der Waals surface area contributed by atoms with Crippen LogP contribution in [0.1, 0.15) is 54.5 Å². The third kappa shape index (κ3) is 5.35. The number of amides is 2. The van der Waals surface area contributed by atoms with E-state index in [1.807, 2.05) is 55.1 Å². The number of fused-ring (bicyclic) bond motifs is 2. The second kappa shape index (κ2) is 11.5. The van der Waals surface area contributed by atoms with Crippen LogP contribution in [0.15, 0.2) is 48.5 Å². The van der Waals surface area contributed by atoms with Gasteiger partial charge in [0.05, 0.1) is 19.3 Å². The Morgan fingerprint density at radius 2 is 1.82 bits per heavy atom. The fourth-order valence-electron chi connectivity index (χ4n) is 5.89. The predicted octanol–water partition coefficient (Wildman–Crippen LogP) is 8.54. The summed E-state index contributed by atoms with van der Waals surface area (Å²) in [4.78, 5) is 16.1. The van der Waals surface area contributed by atoms with Crippen LogP contribution in [0, 0.1) is 11.8 Å². The molecule has 0 saturated heterocycles. The van der Waals surface area contributed by atoms with Crippen molar-refractivity contribution in [1.29, 1.82) is 0 Å². The summed E-state index contributed by atoms with van der Waals surface area (Å²) in [5.74, 6) is 1.96. The Kier molecular flexibility index (Phi) is 8.11. The number of methoxy groups -OCH3 is 1. The van der Waals surface area contributed by atoms with Gasteiger partial charge in [0.1, 0.15) is 5.75 Å². The van der Waals surface area contributed by atoms with E-state index in [2.05, 4.69) is 17.5 Å². The first kappa shape index (κ1) is 27.4. The second-order valence-corrected chi connectivity index (χ2v) is 11.2. The Morgan fingerprint density at radius 3 is 2.46 bits per heavy atom. The SMILES string of the molecule is CCc1c(N)cc(Cl)c(CC)c1NC(=O)N(Cc1ccc(Cl)cc1)c1ccc(OC)c2c1C[C@@H]1CCC1C=C2. The van der Waals surface area contributed by atoms with Gasteiger partial charge in [-0.15, -0.1) is 0 Å². The minimum absolute atomic E-state index is 0.234. The molecule has 7 heteroatoms. The first-order valence-electron chi connectivity index (χ1n) is 13.6. The average Bonchev–Trinajstić information content (AvgIpc) is 3.03. The van der Waals surface area contributed by atoms with E-state index in [0.717, 1.165) is 45.7 Å². The molecule has 39 heavy (non-hydrogen) atoms. The molecule has 3 aromatic rings. The number of nitrogens with two attached hydrogens (primary N) is 1. The van der Waals surface area contributed by atoms with Gasteiger partial charge in [0.15, 0.2) is 0 Å². The number of urea groups is 1. The fourth-order valence-corrected chi connectivity index (χ4v) is 6.36. The molecule has 0 radical (unpaired) electrons. The highest BCUT2D eigenvalue weighted by Crippen LogP contribution is 2.45. The normalized spacial score (nSPS) is 17.5. The first-order chi connectivity index (χ1) is 18.8. The van der Waals surface area contributed by atoms with E-state index in [-0.39, 0.29) is 6.03 Å².